The number of benzene rings is 3. The lowest BCUT2D eigenvalue weighted by molar-refractivity contribution is -0.128. The van der Waals surface area contributed by atoms with Gasteiger partial charge in [0.1, 0.15) is 31.9 Å². The van der Waals surface area contributed by atoms with Crippen LogP contribution in [0.3, 0.4) is 0 Å². The molecule has 2 heterocycles. The summed E-state index contributed by atoms with van der Waals surface area (Å²) in [6, 6.07) is 9.40. The van der Waals surface area contributed by atoms with Crippen molar-refractivity contribution in [3.05, 3.63) is 90.5 Å². The Morgan fingerprint density at radius 1 is 0.645 bits per heavy atom. The van der Waals surface area contributed by atoms with Gasteiger partial charge >= 0.3 is 18.3 Å². The molecule has 5 rings (SSSR count). The van der Waals surface area contributed by atoms with Gasteiger partial charge in [0.05, 0.1) is 75.2 Å². The number of hydrogen-bond donors (Lipinski definition) is 7. The van der Waals surface area contributed by atoms with Crippen LogP contribution in [0.25, 0.3) is 0 Å². The molecule has 76 heavy (non-hydrogen) atoms. The number of rotatable bonds is 26. The maximum absolute atomic E-state index is 14.0. The minimum Gasteiger partial charge on any atom is -0.493 e. The Labute approximate surface area is 441 Å². The van der Waals surface area contributed by atoms with Gasteiger partial charge in [-0.05, 0) is 68.4 Å². The summed E-state index contributed by atoms with van der Waals surface area (Å²) in [4.78, 5) is 95.0. The molecule has 412 valence electrons. The minimum atomic E-state index is -0.984. The molecule has 23 heteroatoms. The summed E-state index contributed by atoms with van der Waals surface area (Å²) in [5.74, 6) is -1.58. The molecule has 0 spiro atoms. The highest BCUT2D eigenvalue weighted by Gasteiger charge is 2.34. The topological polar surface area (TPSA) is 291 Å². The highest BCUT2D eigenvalue weighted by Crippen LogP contribution is 2.38. The van der Waals surface area contributed by atoms with E-state index < -0.39 is 60.0 Å². The molecule has 0 saturated carbocycles. The van der Waals surface area contributed by atoms with Gasteiger partial charge in [-0.25, -0.2) is 14.4 Å². The number of aliphatic hydroxyl groups excluding tert-OH is 2. The van der Waals surface area contributed by atoms with Gasteiger partial charge in [-0.1, -0.05) is 51.3 Å². The molecule has 4 atom stereocenters. The largest absolute Gasteiger partial charge is 0.493 e. The van der Waals surface area contributed by atoms with E-state index in [0.29, 0.717) is 50.0 Å². The van der Waals surface area contributed by atoms with Crippen LogP contribution in [0.2, 0.25) is 0 Å². The summed E-state index contributed by atoms with van der Waals surface area (Å²) in [7, 11) is 2.80. The molecule has 3 aromatic rings. The van der Waals surface area contributed by atoms with Crippen LogP contribution in [0.1, 0.15) is 79.2 Å². The summed E-state index contributed by atoms with van der Waals surface area (Å²) >= 11 is 0. The predicted molar refractivity (Wildman–Crippen MR) is 279 cm³/mol. The first-order valence-electron chi connectivity index (χ1n) is 24.8. The average molecular weight is 1060 g/mol. The Morgan fingerprint density at radius 2 is 1.13 bits per heavy atom. The molecule has 3 aromatic carbocycles. The third kappa shape index (κ3) is 16.2. The molecule has 2 fully saturated rings. The summed E-state index contributed by atoms with van der Waals surface area (Å²) < 4.78 is 39.0. The maximum Gasteiger partial charge on any atom is 0.411 e. The standard InChI is InChI=1S/C53H69N7O16/c1-8-21-74-51(67)56-40-27-44(42(70-6)25-38(40)49(65)59-19-10-13-36(59)29-61)72-23-12-24-73-45-28-41(39(26-43(45)71-7)50(66)60-20-11-14-37(60)30-62)57-52(68)76-31-34-15-17-35(18-16-34)55-47(63)33(5)54-48(64)46(32(3)4)58-53(69)75-22-9-2/h8-9,15-18,25-28,32-33,36-37,46,61-62H,1-2,10-14,19-24,29-31H2,3-7H3,(H,54,64)(H,55,63)(H,56,67)(H,57,68)(H,58,69)/t33-,36-,37-,46-/m0/s1. The molecule has 0 aliphatic carbocycles. The molecule has 7 amide bonds. The molecule has 0 unspecified atom stereocenters. The van der Waals surface area contributed by atoms with Crippen LogP contribution in [0, 0.1) is 5.92 Å². The molecule has 7 N–H and O–H groups in total. The van der Waals surface area contributed by atoms with Gasteiger partial charge in [-0.2, -0.15) is 0 Å². The second-order valence-corrected chi connectivity index (χ2v) is 18.0. The second kappa shape index (κ2) is 29.1. The Morgan fingerprint density at radius 3 is 1.59 bits per heavy atom. The number of carbonyl (C=O) groups excluding carboxylic acids is 7. The van der Waals surface area contributed by atoms with Crippen molar-refractivity contribution in [3.8, 4) is 23.0 Å². The van der Waals surface area contributed by atoms with Crippen LogP contribution in [-0.2, 0) is 30.4 Å². The van der Waals surface area contributed by atoms with Gasteiger partial charge in [0.15, 0.2) is 23.0 Å². The number of likely N-dealkylation sites (tertiary alicyclic amines) is 2. The smallest absolute Gasteiger partial charge is 0.411 e. The van der Waals surface area contributed by atoms with Gasteiger partial charge in [-0.15, -0.1) is 0 Å². The fourth-order valence-electron chi connectivity index (χ4n) is 8.26. The first-order valence-corrected chi connectivity index (χ1v) is 24.8. The van der Waals surface area contributed by atoms with Crippen LogP contribution in [0.15, 0.2) is 73.8 Å². The zero-order valence-electron chi connectivity index (χ0n) is 43.5. The van der Waals surface area contributed by atoms with Crippen LogP contribution in [0.4, 0.5) is 31.4 Å². The highest BCUT2D eigenvalue weighted by atomic mass is 16.6. The van der Waals surface area contributed by atoms with E-state index in [9.17, 15) is 43.8 Å². The Bertz CT molecular complexity index is 2540. The average Bonchev–Trinajstić information content (AvgIpc) is 4.11. The molecule has 2 saturated heterocycles. The van der Waals surface area contributed by atoms with Crippen molar-refractivity contribution in [1.29, 1.82) is 0 Å². The number of amides is 7. The monoisotopic (exact) mass is 1060 g/mol. The van der Waals surface area contributed by atoms with E-state index in [1.165, 1.54) is 62.5 Å². The Kier molecular flexibility index (Phi) is 22.6. The van der Waals surface area contributed by atoms with E-state index in [-0.39, 0.29) is 110 Å². The SMILES string of the molecule is C=CCOC(=O)Nc1cc(OCCCOc2cc(NC(=O)OCc3ccc(NC(=O)[C@H](C)NC(=O)[C@@H](NC(=O)OCC=C)C(C)C)cc3)c(C(=O)N3CCC[C@H]3CO)cc2OC)c(OC)cc1C(=O)N1CCC[C@H]1CO. The fraction of sp³-hybridized carbons (Fsp3) is 0.453. The van der Waals surface area contributed by atoms with Crippen molar-refractivity contribution in [2.24, 2.45) is 5.92 Å². The lowest BCUT2D eigenvalue weighted by Gasteiger charge is -2.25. The molecular weight excluding hydrogens is 991 g/mol. The number of anilines is 3. The zero-order valence-corrected chi connectivity index (χ0v) is 43.5. The van der Waals surface area contributed by atoms with Gasteiger partial charge in [-0.3, -0.25) is 29.8 Å². The number of aliphatic hydroxyl groups is 2. The molecular formula is C53H69N7O16. The van der Waals surface area contributed by atoms with Crippen molar-refractivity contribution in [2.45, 2.75) is 83.6 Å². The first kappa shape index (κ1) is 58.8. The van der Waals surface area contributed by atoms with Gasteiger partial charge in [0, 0.05) is 37.3 Å². The van der Waals surface area contributed by atoms with Gasteiger partial charge in [0.2, 0.25) is 11.8 Å². The number of alkyl carbamates (subject to hydrolysis) is 1. The van der Waals surface area contributed by atoms with Crippen molar-refractivity contribution in [2.75, 3.05) is 82.9 Å². The first-order chi connectivity index (χ1) is 36.5. The molecule has 2 aliphatic rings. The number of ether oxygens (including phenoxy) is 7. The lowest BCUT2D eigenvalue weighted by Crippen LogP contribution is -2.53. The quantitative estimate of drug-likeness (QED) is 0.0292. The number of nitrogens with zero attached hydrogens (tertiary/aromatic N) is 2. The molecule has 0 radical (unpaired) electrons. The summed E-state index contributed by atoms with van der Waals surface area (Å²) in [5, 5.41) is 33.0. The van der Waals surface area contributed by atoms with E-state index in [1.807, 2.05) is 0 Å². The van der Waals surface area contributed by atoms with E-state index in [1.54, 1.807) is 43.0 Å². The molecule has 0 aromatic heterocycles. The predicted octanol–water partition coefficient (Wildman–Crippen LogP) is 5.61. The van der Waals surface area contributed by atoms with E-state index in [2.05, 4.69) is 39.7 Å². The second-order valence-electron chi connectivity index (χ2n) is 18.0. The zero-order chi connectivity index (χ0) is 55.3. The number of methoxy groups -OCH3 is 2. The van der Waals surface area contributed by atoms with Crippen LogP contribution in [0.5, 0.6) is 23.0 Å². The number of nitrogens with one attached hydrogen (secondary N) is 5. The van der Waals surface area contributed by atoms with Crippen LogP contribution < -0.4 is 45.5 Å². The minimum absolute atomic E-state index is 0.0372. The summed E-state index contributed by atoms with van der Waals surface area (Å²) in [6.45, 7) is 12.1. The maximum atomic E-state index is 14.0. The lowest BCUT2D eigenvalue weighted by atomic mass is 10.0. The van der Waals surface area contributed by atoms with Crippen molar-refractivity contribution >= 4 is 59.0 Å². The van der Waals surface area contributed by atoms with E-state index >= 15 is 0 Å². The van der Waals surface area contributed by atoms with Gasteiger partial charge in [0.25, 0.3) is 11.8 Å². The Hall–Kier alpha value is -8.05. The third-order valence-electron chi connectivity index (χ3n) is 12.3. The third-order valence-corrected chi connectivity index (χ3v) is 12.3. The van der Waals surface area contributed by atoms with Crippen molar-refractivity contribution in [3.63, 3.8) is 0 Å². The molecule has 2 aliphatic heterocycles. The summed E-state index contributed by atoms with van der Waals surface area (Å²) in [6.07, 6.45) is 3.11. The number of hydrogen-bond acceptors (Lipinski definition) is 16. The summed E-state index contributed by atoms with van der Waals surface area (Å²) in [5.41, 5.74) is 1.23. The van der Waals surface area contributed by atoms with E-state index in [4.69, 9.17) is 33.2 Å². The fourth-order valence-corrected chi connectivity index (χ4v) is 8.26. The highest BCUT2D eigenvalue weighted by molar-refractivity contribution is 6.05. The normalized spacial score (nSPS) is 15.6. The molecule has 0 bridgehead atoms. The van der Waals surface area contributed by atoms with E-state index in [0.717, 1.165) is 0 Å². The van der Waals surface area contributed by atoms with Gasteiger partial charge < -0.3 is 69.1 Å². The molecule has 23 nitrogen and oxygen atoms in total. The van der Waals surface area contributed by atoms with Crippen molar-refractivity contribution in [1.82, 2.24) is 20.4 Å². The van der Waals surface area contributed by atoms with Crippen molar-refractivity contribution < 1.29 is 76.9 Å². The number of carbonyl (C=O) groups is 7. The van der Waals surface area contributed by atoms with Crippen LogP contribution in [-0.4, -0.2) is 153 Å². The Balaban J connectivity index is 1.24. The van der Waals surface area contributed by atoms with Crippen LogP contribution >= 0.6 is 0 Å².